The van der Waals surface area contributed by atoms with Crippen molar-refractivity contribution in [2.24, 2.45) is 11.8 Å². The van der Waals surface area contributed by atoms with Crippen LogP contribution in [0, 0.1) is 11.8 Å². The van der Waals surface area contributed by atoms with Gasteiger partial charge in [-0.25, -0.2) is 0 Å². The first kappa shape index (κ1) is 14.5. The number of hydrogen-bond acceptors (Lipinski definition) is 3. The highest BCUT2D eigenvalue weighted by Crippen LogP contribution is 2.19. The number of hydrogen-bond donors (Lipinski definition) is 2. The number of amides is 1. The Kier molecular flexibility index (Phi) is 5.40. The fourth-order valence-corrected chi connectivity index (χ4v) is 1.97. The molecule has 0 aromatic carbocycles. The van der Waals surface area contributed by atoms with E-state index in [1.807, 2.05) is 13.8 Å². The molecule has 0 spiro atoms. The van der Waals surface area contributed by atoms with E-state index < -0.39 is 5.60 Å². The van der Waals surface area contributed by atoms with Gasteiger partial charge in [0.1, 0.15) is 0 Å². The molecule has 0 bridgehead atoms. The van der Waals surface area contributed by atoms with Crippen LogP contribution in [-0.4, -0.2) is 36.4 Å². The zero-order valence-corrected chi connectivity index (χ0v) is 11.2. The van der Waals surface area contributed by atoms with Crippen LogP contribution < -0.4 is 5.32 Å². The van der Waals surface area contributed by atoms with Crippen molar-refractivity contribution in [1.82, 2.24) is 5.32 Å². The fraction of sp³-hybridized carbons (Fsp3) is 0.923. The summed E-state index contributed by atoms with van der Waals surface area (Å²) in [5, 5.41) is 13.0. The first-order valence-corrected chi connectivity index (χ1v) is 6.55. The molecule has 100 valence electrons. The van der Waals surface area contributed by atoms with Gasteiger partial charge in [0.2, 0.25) is 5.91 Å². The maximum absolute atomic E-state index is 11.9. The van der Waals surface area contributed by atoms with Crippen molar-refractivity contribution >= 4 is 5.91 Å². The van der Waals surface area contributed by atoms with Crippen LogP contribution in [0.25, 0.3) is 0 Å². The van der Waals surface area contributed by atoms with Crippen molar-refractivity contribution in [1.29, 1.82) is 0 Å². The summed E-state index contributed by atoms with van der Waals surface area (Å²) < 4.78 is 5.28. The molecule has 0 aliphatic carbocycles. The van der Waals surface area contributed by atoms with Crippen molar-refractivity contribution in [2.75, 3.05) is 19.8 Å². The number of nitrogens with one attached hydrogen (secondary N) is 1. The predicted molar refractivity (Wildman–Crippen MR) is 66.6 cm³/mol. The Morgan fingerprint density at radius 1 is 1.65 bits per heavy atom. The summed E-state index contributed by atoms with van der Waals surface area (Å²) in [6, 6.07) is 0. The molecule has 0 saturated carbocycles. The lowest BCUT2D eigenvalue weighted by Crippen LogP contribution is -2.47. The molecule has 17 heavy (non-hydrogen) atoms. The minimum atomic E-state index is -0.833. The maximum atomic E-state index is 11.9. The largest absolute Gasteiger partial charge is 0.388 e. The minimum Gasteiger partial charge on any atom is -0.388 e. The quantitative estimate of drug-likeness (QED) is 0.766. The molecular formula is C13H25NO3. The minimum absolute atomic E-state index is 0.00766. The summed E-state index contributed by atoms with van der Waals surface area (Å²) >= 11 is 0. The average Bonchev–Trinajstić information content (AvgIpc) is 2.36. The van der Waals surface area contributed by atoms with Crippen molar-refractivity contribution in [3.8, 4) is 0 Å². The van der Waals surface area contributed by atoms with E-state index in [2.05, 4.69) is 5.32 Å². The van der Waals surface area contributed by atoms with E-state index in [1.54, 1.807) is 6.92 Å². The first-order chi connectivity index (χ1) is 7.97. The van der Waals surface area contributed by atoms with Gasteiger partial charge in [-0.1, -0.05) is 20.3 Å². The molecule has 1 saturated heterocycles. The summed E-state index contributed by atoms with van der Waals surface area (Å²) in [7, 11) is 0. The Morgan fingerprint density at radius 3 is 2.88 bits per heavy atom. The normalized spacial score (nSPS) is 26.0. The maximum Gasteiger partial charge on any atom is 0.225 e. The number of carbonyl (C=O) groups is 1. The van der Waals surface area contributed by atoms with E-state index in [4.69, 9.17) is 4.74 Å². The molecule has 0 aromatic rings. The molecule has 4 nitrogen and oxygen atoms in total. The molecule has 3 atom stereocenters. The topological polar surface area (TPSA) is 58.6 Å². The monoisotopic (exact) mass is 243 g/mol. The van der Waals surface area contributed by atoms with Crippen molar-refractivity contribution < 1.29 is 14.6 Å². The SMILES string of the molecule is CC[C@H](C)[C@@](C)(O)CNC(=O)[C@@H]1CCCOC1. The van der Waals surface area contributed by atoms with Crippen LogP contribution in [0.5, 0.6) is 0 Å². The predicted octanol–water partition coefficient (Wildman–Crippen LogP) is 1.33. The second kappa shape index (κ2) is 6.36. The van der Waals surface area contributed by atoms with Gasteiger partial charge < -0.3 is 15.2 Å². The van der Waals surface area contributed by atoms with Gasteiger partial charge in [0, 0.05) is 13.2 Å². The lowest BCUT2D eigenvalue weighted by molar-refractivity contribution is -0.130. The number of aliphatic hydroxyl groups is 1. The van der Waals surface area contributed by atoms with E-state index in [1.165, 1.54) is 0 Å². The van der Waals surface area contributed by atoms with E-state index in [0.717, 1.165) is 25.9 Å². The van der Waals surface area contributed by atoms with Gasteiger partial charge in [-0.05, 0) is 25.7 Å². The molecule has 1 aliphatic rings. The molecule has 0 radical (unpaired) electrons. The van der Waals surface area contributed by atoms with Gasteiger partial charge in [-0.15, -0.1) is 0 Å². The highest BCUT2D eigenvalue weighted by atomic mass is 16.5. The van der Waals surface area contributed by atoms with E-state index in [-0.39, 0.29) is 17.7 Å². The van der Waals surface area contributed by atoms with Gasteiger partial charge in [-0.2, -0.15) is 0 Å². The number of rotatable bonds is 5. The molecule has 1 fully saturated rings. The Hall–Kier alpha value is -0.610. The first-order valence-electron chi connectivity index (χ1n) is 6.55. The van der Waals surface area contributed by atoms with Crippen LogP contribution in [0.2, 0.25) is 0 Å². The van der Waals surface area contributed by atoms with Gasteiger partial charge in [0.15, 0.2) is 0 Å². The molecular weight excluding hydrogens is 218 g/mol. The zero-order chi connectivity index (χ0) is 12.9. The Balaban J connectivity index is 2.36. The third kappa shape index (κ3) is 4.28. The van der Waals surface area contributed by atoms with Crippen LogP contribution in [0.1, 0.15) is 40.0 Å². The van der Waals surface area contributed by atoms with E-state index in [9.17, 15) is 9.90 Å². The van der Waals surface area contributed by atoms with Crippen LogP contribution in [-0.2, 0) is 9.53 Å². The second-order valence-corrected chi connectivity index (χ2v) is 5.30. The standard InChI is InChI=1S/C13H25NO3/c1-4-10(2)13(3,16)9-14-12(15)11-6-5-7-17-8-11/h10-11,16H,4-9H2,1-3H3,(H,14,15)/t10-,11+,13-/m0/s1. The van der Waals surface area contributed by atoms with Crippen molar-refractivity contribution in [3.05, 3.63) is 0 Å². The Morgan fingerprint density at radius 2 is 2.35 bits per heavy atom. The van der Waals surface area contributed by atoms with Crippen LogP contribution >= 0.6 is 0 Å². The average molecular weight is 243 g/mol. The lowest BCUT2D eigenvalue weighted by atomic mass is 9.88. The Bertz CT molecular complexity index is 247. The van der Waals surface area contributed by atoms with Gasteiger partial charge >= 0.3 is 0 Å². The van der Waals surface area contributed by atoms with Gasteiger partial charge in [0.25, 0.3) is 0 Å². The molecule has 0 aromatic heterocycles. The number of carbonyl (C=O) groups excluding carboxylic acids is 1. The molecule has 1 heterocycles. The third-order valence-electron chi connectivity index (χ3n) is 3.83. The molecule has 1 rings (SSSR count). The van der Waals surface area contributed by atoms with Gasteiger partial charge in [-0.3, -0.25) is 4.79 Å². The van der Waals surface area contributed by atoms with Crippen LogP contribution in [0.3, 0.4) is 0 Å². The Labute approximate surface area is 104 Å². The van der Waals surface area contributed by atoms with Crippen molar-refractivity contribution in [3.63, 3.8) is 0 Å². The van der Waals surface area contributed by atoms with Gasteiger partial charge in [0.05, 0.1) is 18.1 Å². The van der Waals surface area contributed by atoms with Crippen LogP contribution in [0.4, 0.5) is 0 Å². The third-order valence-corrected chi connectivity index (χ3v) is 3.83. The highest BCUT2D eigenvalue weighted by molar-refractivity contribution is 5.78. The van der Waals surface area contributed by atoms with E-state index >= 15 is 0 Å². The number of ether oxygens (including phenoxy) is 1. The zero-order valence-electron chi connectivity index (χ0n) is 11.2. The summed E-state index contributed by atoms with van der Waals surface area (Å²) in [5.74, 6) is 0.134. The van der Waals surface area contributed by atoms with E-state index in [0.29, 0.717) is 13.2 Å². The summed E-state index contributed by atoms with van der Waals surface area (Å²) in [4.78, 5) is 11.9. The summed E-state index contributed by atoms with van der Waals surface area (Å²) in [6.45, 7) is 7.40. The lowest BCUT2D eigenvalue weighted by Gasteiger charge is -2.31. The smallest absolute Gasteiger partial charge is 0.225 e. The van der Waals surface area contributed by atoms with Crippen LogP contribution in [0.15, 0.2) is 0 Å². The van der Waals surface area contributed by atoms with Crippen molar-refractivity contribution in [2.45, 2.75) is 45.6 Å². The molecule has 0 unspecified atom stereocenters. The molecule has 1 amide bonds. The molecule has 1 aliphatic heterocycles. The fourth-order valence-electron chi connectivity index (χ4n) is 1.97. The molecule has 2 N–H and O–H groups in total. The molecule has 4 heteroatoms. The summed E-state index contributed by atoms with van der Waals surface area (Å²) in [6.07, 6.45) is 2.73. The summed E-state index contributed by atoms with van der Waals surface area (Å²) in [5.41, 5.74) is -0.833. The highest BCUT2D eigenvalue weighted by Gasteiger charge is 2.29. The second-order valence-electron chi connectivity index (χ2n) is 5.30.